The van der Waals surface area contributed by atoms with E-state index >= 15 is 0 Å². The molecule has 13 heteroatoms. The molecule has 0 saturated carbocycles. The Bertz CT molecular complexity index is 1220. The van der Waals surface area contributed by atoms with Crippen LogP contribution in [0, 0.1) is 0 Å². The van der Waals surface area contributed by atoms with E-state index in [1.54, 1.807) is 6.07 Å². The summed E-state index contributed by atoms with van der Waals surface area (Å²) in [6.45, 7) is -0.698. The number of esters is 1. The number of rotatable bonds is 6. The van der Waals surface area contributed by atoms with Gasteiger partial charge < -0.3 is 9.64 Å². The number of methoxy groups -OCH3 is 1. The summed E-state index contributed by atoms with van der Waals surface area (Å²) < 4.78 is 74.0. The van der Waals surface area contributed by atoms with Crippen molar-refractivity contribution in [1.29, 1.82) is 0 Å². The largest absolute Gasteiger partial charge is 0.487 e. The molecule has 0 aromatic heterocycles. The summed E-state index contributed by atoms with van der Waals surface area (Å²) in [6, 6.07) is 10.2. The van der Waals surface area contributed by atoms with Crippen molar-refractivity contribution in [2.45, 2.75) is 30.7 Å². The molecule has 0 aliphatic carbocycles. The number of carbonyl (C=O) groups excluding carboxylic acids is 3. The normalized spacial score (nSPS) is 16.9. The van der Waals surface area contributed by atoms with Crippen molar-refractivity contribution in [3.05, 3.63) is 65.7 Å². The first-order chi connectivity index (χ1) is 16.9. The molecule has 0 radical (unpaired) electrons. The molecule has 194 valence electrons. The maximum absolute atomic E-state index is 14.0. The number of carbonyl (C=O) groups is 3. The first-order valence-electron chi connectivity index (χ1n) is 10.7. The van der Waals surface area contributed by atoms with Gasteiger partial charge in [0, 0.05) is 26.6 Å². The molecule has 2 amide bonds. The van der Waals surface area contributed by atoms with Crippen LogP contribution in [0.1, 0.15) is 22.8 Å². The molecular formula is C23H24F3N3O6S. The smallest absolute Gasteiger partial charge is 0.465 e. The van der Waals surface area contributed by atoms with Crippen LogP contribution in [0.25, 0.3) is 0 Å². The van der Waals surface area contributed by atoms with E-state index in [9.17, 15) is 36.0 Å². The molecule has 2 aromatic carbocycles. The molecule has 1 aliphatic rings. The third-order valence-corrected chi connectivity index (χ3v) is 7.62. The highest BCUT2D eigenvalue weighted by Gasteiger charge is 2.49. The van der Waals surface area contributed by atoms with E-state index in [0.717, 1.165) is 24.1 Å². The SMILES string of the molecule is COC(=O)c1ccc(S(=O)(=O)N2CCN(C(C)=O)CC2C(=O)N(Cc2ccccc2)C(F)(F)F)cc1. The van der Waals surface area contributed by atoms with Crippen LogP contribution in [-0.2, 0) is 30.9 Å². The van der Waals surface area contributed by atoms with E-state index < -0.39 is 59.8 Å². The zero-order valence-corrected chi connectivity index (χ0v) is 20.3. The van der Waals surface area contributed by atoms with E-state index in [1.165, 1.54) is 43.3 Å². The summed E-state index contributed by atoms with van der Waals surface area (Å²) in [5.74, 6) is -2.72. The summed E-state index contributed by atoms with van der Waals surface area (Å²) in [7, 11) is -3.33. The van der Waals surface area contributed by atoms with Crippen LogP contribution in [0.15, 0.2) is 59.5 Å². The number of alkyl halides is 3. The minimum absolute atomic E-state index is 0.0663. The molecule has 0 spiro atoms. The molecule has 2 aromatic rings. The fourth-order valence-electron chi connectivity index (χ4n) is 3.80. The number of piperazine rings is 1. The highest BCUT2D eigenvalue weighted by molar-refractivity contribution is 7.89. The highest BCUT2D eigenvalue weighted by Crippen LogP contribution is 2.29. The van der Waals surface area contributed by atoms with Gasteiger partial charge in [-0.15, -0.1) is 13.2 Å². The Morgan fingerprint density at radius 3 is 2.17 bits per heavy atom. The van der Waals surface area contributed by atoms with E-state index in [1.807, 2.05) is 0 Å². The summed E-state index contributed by atoms with van der Waals surface area (Å²) in [5.41, 5.74) is 0.256. The summed E-state index contributed by atoms with van der Waals surface area (Å²) in [4.78, 5) is 37.4. The average Bonchev–Trinajstić information content (AvgIpc) is 2.86. The molecule has 9 nitrogen and oxygen atoms in total. The number of amides is 2. The number of benzene rings is 2. The van der Waals surface area contributed by atoms with Crippen molar-refractivity contribution in [3.63, 3.8) is 0 Å². The number of sulfonamides is 1. The van der Waals surface area contributed by atoms with Gasteiger partial charge in [-0.2, -0.15) is 4.31 Å². The first kappa shape index (κ1) is 27.1. The second kappa shape index (κ2) is 10.7. The average molecular weight is 528 g/mol. The van der Waals surface area contributed by atoms with Gasteiger partial charge in [-0.25, -0.2) is 18.1 Å². The van der Waals surface area contributed by atoms with Gasteiger partial charge in [0.1, 0.15) is 6.04 Å². The van der Waals surface area contributed by atoms with Gasteiger partial charge in [-0.3, -0.25) is 9.59 Å². The Labute approximate surface area is 206 Å². The highest BCUT2D eigenvalue weighted by atomic mass is 32.2. The van der Waals surface area contributed by atoms with Gasteiger partial charge in [0.05, 0.1) is 24.1 Å². The number of ether oxygens (including phenoxy) is 1. The van der Waals surface area contributed by atoms with Crippen LogP contribution in [0.4, 0.5) is 13.2 Å². The standard InChI is InChI=1S/C23H24F3N3O6S/c1-16(30)27-12-13-29(36(33,34)19-10-8-18(9-11-19)22(32)35-2)20(15-27)21(31)28(23(24,25)26)14-17-6-4-3-5-7-17/h3-11,20H,12-15H2,1-2H3. The van der Waals surface area contributed by atoms with E-state index in [2.05, 4.69) is 4.74 Å². The molecular weight excluding hydrogens is 503 g/mol. The minimum Gasteiger partial charge on any atom is -0.465 e. The van der Waals surface area contributed by atoms with Gasteiger partial charge in [0.25, 0.3) is 0 Å². The van der Waals surface area contributed by atoms with Crippen molar-refractivity contribution < 1.29 is 40.7 Å². The van der Waals surface area contributed by atoms with Crippen LogP contribution < -0.4 is 0 Å². The first-order valence-corrected chi connectivity index (χ1v) is 12.2. The molecule has 3 rings (SSSR count). The molecule has 0 bridgehead atoms. The van der Waals surface area contributed by atoms with Crippen LogP contribution in [-0.4, -0.2) is 79.4 Å². The van der Waals surface area contributed by atoms with Crippen molar-refractivity contribution in [3.8, 4) is 0 Å². The van der Waals surface area contributed by atoms with Crippen LogP contribution in [0.2, 0.25) is 0 Å². The molecule has 1 heterocycles. The lowest BCUT2D eigenvalue weighted by molar-refractivity contribution is -0.246. The second-order valence-electron chi connectivity index (χ2n) is 7.99. The Balaban J connectivity index is 2.00. The third kappa shape index (κ3) is 5.85. The van der Waals surface area contributed by atoms with Gasteiger partial charge in [0.15, 0.2) is 0 Å². The predicted octanol–water partition coefficient (Wildman–Crippen LogP) is 2.24. The Morgan fingerprint density at radius 2 is 1.64 bits per heavy atom. The van der Waals surface area contributed by atoms with Crippen molar-refractivity contribution in [1.82, 2.24) is 14.1 Å². The Hall–Kier alpha value is -3.45. The number of halogens is 3. The van der Waals surface area contributed by atoms with Gasteiger partial charge in [-0.1, -0.05) is 30.3 Å². The van der Waals surface area contributed by atoms with E-state index in [-0.39, 0.29) is 27.5 Å². The van der Waals surface area contributed by atoms with Crippen molar-refractivity contribution in [2.75, 3.05) is 26.7 Å². The maximum Gasteiger partial charge on any atom is 0.487 e. The topological polar surface area (TPSA) is 104 Å². The third-order valence-electron chi connectivity index (χ3n) is 5.70. The lowest BCUT2D eigenvalue weighted by Gasteiger charge is -2.41. The van der Waals surface area contributed by atoms with Crippen molar-refractivity contribution >= 4 is 27.8 Å². The van der Waals surface area contributed by atoms with Crippen molar-refractivity contribution in [2.24, 2.45) is 0 Å². The molecule has 1 fully saturated rings. The number of hydrogen-bond donors (Lipinski definition) is 0. The maximum atomic E-state index is 14.0. The Morgan fingerprint density at radius 1 is 1.03 bits per heavy atom. The van der Waals surface area contributed by atoms with E-state index in [4.69, 9.17) is 0 Å². The minimum atomic E-state index is -5.11. The molecule has 1 unspecified atom stereocenters. The van der Waals surface area contributed by atoms with Crippen LogP contribution >= 0.6 is 0 Å². The number of hydrogen-bond acceptors (Lipinski definition) is 6. The van der Waals surface area contributed by atoms with Gasteiger partial charge in [0.2, 0.25) is 21.8 Å². The van der Waals surface area contributed by atoms with Crippen LogP contribution in [0.3, 0.4) is 0 Å². The zero-order valence-electron chi connectivity index (χ0n) is 19.4. The fraction of sp³-hybridized carbons (Fsp3) is 0.348. The molecule has 36 heavy (non-hydrogen) atoms. The summed E-state index contributed by atoms with van der Waals surface area (Å²) in [5, 5.41) is 0. The molecule has 1 aliphatic heterocycles. The van der Waals surface area contributed by atoms with Gasteiger partial charge in [-0.05, 0) is 29.8 Å². The molecule has 0 N–H and O–H groups in total. The Kier molecular flexibility index (Phi) is 8.04. The van der Waals surface area contributed by atoms with Crippen LogP contribution in [0.5, 0.6) is 0 Å². The summed E-state index contributed by atoms with van der Waals surface area (Å²) >= 11 is 0. The zero-order chi connectivity index (χ0) is 26.7. The predicted molar refractivity (Wildman–Crippen MR) is 121 cm³/mol. The summed E-state index contributed by atoms with van der Waals surface area (Å²) in [6.07, 6.45) is -5.11. The number of nitrogens with zero attached hydrogens (tertiary/aromatic N) is 3. The monoisotopic (exact) mass is 527 g/mol. The molecule has 1 saturated heterocycles. The van der Waals surface area contributed by atoms with E-state index in [0.29, 0.717) is 4.31 Å². The lowest BCUT2D eigenvalue weighted by Crippen LogP contribution is -2.63. The van der Waals surface area contributed by atoms with Gasteiger partial charge >= 0.3 is 12.3 Å². The lowest BCUT2D eigenvalue weighted by atomic mass is 10.1. The quantitative estimate of drug-likeness (QED) is 0.422. The second-order valence-corrected chi connectivity index (χ2v) is 9.88. The molecule has 1 atom stereocenters. The fourth-order valence-corrected chi connectivity index (χ4v) is 5.36.